The number of nitrogens with zero attached hydrogens (tertiary/aromatic N) is 1. The molecule has 1 atom stereocenters. The Morgan fingerprint density at radius 3 is 2.45 bits per heavy atom. The lowest BCUT2D eigenvalue weighted by Crippen LogP contribution is -2.46. The van der Waals surface area contributed by atoms with Crippen molar-refractivity contribution in [1.29, 1.82) is 0 Å². The number of rotatable bonds is 7. The summed E-state index contributed by atoms with van der Waals surface area (Å²) in [6, 6.07) is 11.3. The normalized spacial score (nSPS) is 17.0. The van der Waals surface area contributed by atoms with Crippen LogP contribution < -0.4 is 15.4 Å². The second-order valence-corrected chi connectivity index (χ2v) is 9.09. The molecule has 0 saturated carbocycles. The number of carbonyl (C=O) groups is 2. The molecule has 10 heteroatoms. The maximum absolute atomic E-state index is 12.9. The van der Waals surface area contributed by atoms with Crippen molar-refractivity contribution >= 4 is 27.5 Å². The van der Waals surface area contributed by atoms with Crippen molar-refractivity contribution in [3.63, 3.8) is 0 Å². The number of benzene rings is 2. The quantitative estimate of drug-likeness (QED) is 0.673. The molecule has 2 amide bonds. The van der Waals surface area contributed by atoms with E-state index >= 15 is 0 Å². The molecule has 8 nitrogen and oxygen atoms in total. The molecule has 2 aromatic rings. The fourth-order valence-corrected chi connectivity index (χ4v) is 4.85. The fourth-order valence-electron chi connectivity index (χ4n) is 3.32. The van der Waals surface area contributed by atoms with Gasteiger partial charge in [-0.2, -0.15) is 4.31 Å². The first-order chi connectivity index (χ1) is 14.8. The summed E-state index contributed by atoms with van der Waals surface area (Å²) in [6.45, 7) is 0.0981. The zero-order valence-corrected chi connectivity index (χ0v) is 17.8. The fraction of sp³-hybridized carbons (Fsp3) is 0.333. The Balaban J connectivity index is 1.55. The van der Waals surface area contributed by atoms with E-state index in [1.165, 1.54) is 47.8 Å². The predicted molar refractivity (Wildman–Crippen MR) is 113 cm³/mol. The molecule has 2 aromatic carbocycles. The van der Waals surface area contributed by atoms with Gasteiger partial charge in [0, 0.05) is 18.8 Å². The van der Waals surface area contributed by atoms with E-state index in [0.29, 0.717) is 30.8 Å². The van der Waals surface area contributed by atoms with Gasteiger partial charge in [-0.1, -0.05) is 0 Å². The molecule has 1 fully saturated rings. The highest BCUT2D eigenvalue weighted by Crippen LogP contribution is 2.25. The number of hydrogen-bond acceptors (Lipinski definition) is 5. The van der Waals surface area contributed by atoms with Crippen LogP contribution in [0.5, 0.6) is 5.75 Å². The Morgan fingerprint density at radius 2 is 1.81 bits per heavy atom. The summed E-state index contributed by atoms with van der Waals surface area (Å²) >= 11 is 0. The minimum absolute atomic E-state index is 0.0414. The van der Waals surface area contributed by atoms with Crippen LogP contribution in [0, 0.1) is 11.7 Å². The predicted octanol–water partition coefficient (Wildman–Crippen LogP) is 1.99. The van der Waals surface area contributed by atoms with Crippen molar-refractivity contribution in [3.8, 4) is 5.75 Å². The van der Waals surface area contributed by atoms with Crippen LogP contribution in [-0.4, -0.2) is 51.3 Å². The van der Waals surface area contributed by atoms with Gasteiger partial charge in [0.2, 0.25) is 21.8 Å². The van der Waals surface area contributed by atoms with Gasteiger partial charge in [0.25, 0.3) is 0 Å². The number of anilines is 1. The molecule has 2 N–H and O–H groups in total. The number of halogens is 1. The maximum atomic E-state index is 12.9. The molecule has 0 radical (unpaired) electrons. The van der Waals surface area contributed by atoms with Gasteiger partial charge < -0.3 is 15.4 Å². The first-order valence-corrected chi connectivity index (χ1v) is 11.2. The lowest BCUT2D eigenvalue weighted by molar-refractivity contribution is -0.128. The molecule has 1 aliphatic rings. The first kappa shape index (κ1) is 22.7. The van der Waals surface area contributed by atoms with Crippen molar-refractivity contribution < 1.29 is 27.1 Å². The number of piperidine rings is 1. The molecule has 0 aliphatic carbocycles. The Labute approximate surface area is 180 Å². The summed E-state index contributed by atoms with van der Waals surface area (Å²) in [6.07, 6.45) is 1.06. The summed E-state index contributed by atoms with van der Waals surface area (Å²) < 4.78 is 45.1. The first-order valence-electron chi connectivity index (χ1n) is 9.77. The topological polar surface area (TPSA) is 105 Å². The van der Waals surface area contributed by atoms with Crippen molar-refractivity contribution in [2.24, 2.45) is 5.92 Å². The largest absolute Gasteiger partial charge is 0.497 e. The third kappa shape index (κ3) is 5.80. The average molecular weight is 450 g/mol. The number of carbonyl (C=O) groups excluding carboxylic acids is 2. The second-order valence-electron chi connectivity index (χ2n) is 7.15. The van der Waals surface area contributed by atoms with Crippen molar-refractivity contribution in [2.45, 2.75) is 17.7 Å². The Hall–Kier alpha value is -2.98. The summed E-state index contributed by atoms with van der Waals surface area (Å²) in [4.78, 5) is 24.7. The summed E-state index contributed by atoms with van der Waals surface area (Å²) in [5.74, 6) is -1.27. The number of sulfonamides is 1. The van der Waals surface area contributed by atoms with Crippen LogP contribution in [0.2, 0.25) is 0 Å². The van der Waals surface area contributed by atoms with E-state index in [9.17, 15) is 22.4 Å². The SMILES string of the molecule is COc1ccc(S(=O)(=O)N2CCC[C@H](C(=O)NCC(=O)Nc3ccc(F)cc3)C2)cc1. The zero-order valence-electron chi connectivity index (χ0n) is 17.0. The standard InChI is InChI=1S/C21H24FN3O5S/c1-30-18-8-10-19(11-9-18)31(28,29)25-12-2-3-15(14-25)21(27)23-13-20(26)24-17-6-4-16(22)5-7-17/h4-11,15H,2-3,12-14H2,1H3,(H,23,27)(H,24,26)/t15-/m0/s1. The van der Waals surface area contributed by atoms with Crippen LogP contribution in [0.4, 0.5) is 10.1 Å². The van der Waals surface area contributed by atoms with Crippen LogP contribution in [-0.2, 0) is 19.6 Å². The van der Waals surface area contributed by atoms with Crippen LogP contribution >= 0.6 is 0 Å². The van der Waals surface area contributed by atoms with Gasteiger partial charge >= 0.3 is 0 Å². The smallest absolute Gasteiger partial charge is 0.243 e. The van der Waals surface area contributed by atoms with Gasteiger partial charge in [-0.15, -0.1) is 0 Å². The van der Waals surface area contributed by atoms with Crippen LogP contribution in [0.25, 0.3) is 0 Å². The van der Waals surface area contributed by atoms with Crippen LogP contribution in [0.15, 0.2) is 53.4 Å². The minimum atomic E-state index is -3.74. The van der Waals surface area contributed by atoms with E-state index in [0.717, 1.165) is 0 Å². The van der Waals surface area contributed by atoms with E-state index in [1.807, 2.05) is 0 Å². The summed E-state index contributed by atoms with van der Waals surface area (Å²) in [5.41, 5.74) is 0.412. The van der Waals surface area contributed by atoms with Gasteiger partial charge in [-0.05, 0) is 61.4 Å². The summed E-state index contributed by atoms with van der Waals surface area (Å²) in [5, 5.41) is 5.10. The van der Waals surface area contributed by atoms with Gasteiger partial charge in [-0.25, -0.2) is 12.8 Å². The van der Waals surface area contributed by atoms with Gasteiger partial charge in [0.15, 0.2) is 0 Å². The number of nitrogens with one attached hydrogen (secondary N) is 2. The van der Waals surface area contributed by atoms with E-state index in [-0.39, 0.29) is 23.9 Å². The van der Waals surface area contributed by atoms with E-state index in [2.05, 4.69) is 10.6 Å². The Bertz CT molecular complexity index is 1030. The highest BCUT2D eigenvalue weighted by atomic mass is 32.2. The maximum Gasteiger partial charge on any atom is 0.243 e. The molecule has 3 rings (SSSR count). The lowest BCUT2D eigenvalue weighted by Gasteiger charge is -2.31. The molecule has 1 aliphatic heterocycles. The third-order valence-electron chi connectivity index (χ3n) is 5.00. The van der Waals surface area contributed by atoms with Gasteiger partial charge in [0.1, 0.15) is 11.6 Å². The van der Waals surface area contributed by atoms with Crippen molar-refractivity contribution in [1.82, 2.24) is 9.62 Å². The molecule has 31 heavy (non-hydrogen) atoms. The highest BCUT2D eigenvalue weighted by Gasteiger charge is 2.33. The number of hydrogen-bond donors (Lipinski definition) is 2. The zero-order chi connectivity index (χ0) is 22.4. The highest BCUT2D eigenvalue weighted by molar-refractivity contribution is 7.89. The van der Waals surface area contributed by atoms with Crippen LogP contribution in [0.1, 0.15) is 12.8 Å². The molecular formula is C21H24FN3O5S. The van der Waals surface area contributed by atoms with Crippen molar-refractivity contribution in [2.75, 3.05) is 32.1 Å². The van der Waals surface area contributed by atoms with E-state index in [4.69, 9.17) is 4.74 Å². The van der Waals surface area contributed by atoms with Crippen molar-refractivity contribution in [3.05, 3.63) is 54.3 Å². The Kier molecular flexibility index (Phi) is 7.24. The summed E-state index contributed by atoms with van der Waals surface area (Å²) in [7, 11) is -2.24. The number of ether oxygens (including phenoxy) is 1. The molecule has 166 valence electrons. The third-order valence-corrected chi connectivity index (χ3v) is 6.88. The molecule has 0 unspecified atom stereocenters. The number of methoxy groups -OCH3 is 1. The average Bonchev–Trinajstić information content (AvgIpc) is 2.79. The minimum Gasteiger partial charge on any atom is -0.497 e. The van der Waals surface area contributed by atoms with Crippen LogP contribution in [0.3, 0.4) is 0 Å². The van der Waals surface area contributed by atoms with Gasteiger partial charge in [0.05, 0.1) is 24.5 Å². The Morgan fingerprint density at radius 1 is 1.13 bits per heavy atom. The molecule has 0 spiro atoms. The lowest BCUT2D eigenvalue weighted by atomic mass is 9.99. The molecule has 1 saturated heterocycles. The molecule has 1 heterocycles. The van der Waals surface area contributed by atoms with Gasteiger partial charge in [-0.3, -0.25) is 9.59 Å². The molecule has 0 aromatic heterocycles. The molecular weight excluding hydrogens is 425 g/mol. The van der Waals surface area contributed by atoms with E-state index < -0.39 is 27.7 Å². The monoisotopic (exact) mass is 449 g/mol. The van der Waals surface area contributed by atoms with E-state index in [1.54, 1.807) is 12.1 Å². The second kappa shape index (κ2) is 9.88. The number of amides is 2. The molecule has 0 bridgehead atoms.